The minimum absolute atomic E-state index is 0.693. The van der Waals surface area contributed by atoms with E-state index in [1.165, 1.54) is 0 Å². The SMILES string of the molecule is Nc1ccc(CNCc2cscn2)nc1. The second kappa shape index (κ2) is 4.86. The molecule has 2 heterocycles. The number of thiazole rings is 1. The van der Waals surface area contributed by atoms with Crippen LogP contribution in [-0.2, 0) is 13.1 Å². The zero-order chi connectivity index (χ0) is 10.5. The molecule has 0 atom stereocenters. The lowest BCUT2D eigenvalue weighted by molar-refractivity contribution is 0.670. The van der Waals surface area contributed by atoms with Gasteiger partial charge in [-0.25, -0.2) is 4.98 Å². The molecule has 0 aromatic carbocycles. The summed E-state index contributed by atoms with van der Waals surface area (Å²) in [6.45, 7) is 1.51. The molecule has 5 heteroatoms. The van der Waals surface area contributed by atoms with Crippen molar-refractivity contribution in [3.05, 3.63) is 40.6 Å². The van der Waals surface area contributed by atoms with Crippen LogP contribution in [0.25, 0.3) is 0 Å². The van der Waals surface area contributed by atoms with Gasteiger partial charge in [-0.3, -0.25) is 4.98 Å². The Labute approximate surface area is 92.2 Å². The number of hydrogen-bond donors (Lipinski definition) is 2. The van der Waals surface area contributed by atoms with E-state index in [1.54, 1.807) is 17.5 Å². The van der Waals surface area contributed by atoms with Crippen molar-refractivity contribution in [3.8, 4) is 0 Å². The zero-order valence-electron chi connectivity index (χ0n) is 8.18. The quantitative estimate of drug-likeness (QED) is 0.817. The van der Waals surface area contributed by atoms with E-state index in [0.29, 0.717) is 5.69 Å². The maximum atomic E-state index is 5.54. The lowest BCUT2D eigenvalue weighted by Gasteiger charge is -2.02. The summed E-state index contributed by atoms with van der Waals surface area (Å²) in [6.07, 6.45) is 1.67. The molecule has 0 saturated heterocycles. The van der Waals surface area contributed by atoms with Crippen LogP contribution in [0.15, 0.2) is 29.2 Å². The van der Waals surface area contributed by atoms with E-state index >= 15 is 0 Å². The number of nitrogen functional groups attached to an aromatic ring is 1. The first kappa shape index (κ1) is 10.1. The fourth-order valence-corrected chi connectivity index (χ4v) is 1.74. The summed E-state index contributed by atoms with van der Waals surface area (Å²) in [7, 11) is 0. The van der Waals surface area contributed by atoms with Crippen LogP contribution in [0, 0.1) is 0 Å². The smallest absolute Gasteiger partial charge is 0.0795 e. The number of pyridine rings is 1. The highest BCUT2D eigenvalue weighted by Crippen LogP contribution is 2.02. The summed E-state index contributed by atoms with van der Waals surface area (Å²) in [5.41, 5.74) is 10.1. The molecular formula is C10H12N4S. The number of aromatic nitrogens is 2. The predicted molar refractivity (Wildman–Crippen MR) is 61.3 cm³/mol. The number of nitrogens with zero attached hydrogens (tertiary/aromatic N) is 2. The van der Waals surface area contributed by atoms with Crippen LogP contribution in [0.1, 0.15) is 11.4 Å². The van der Waals surface area contributed by atoms with Gasteiger partial charge in [-0.05, 0) is 12.1 Å². The van der Waals surface area contributed by atoms with Gasteiger partial charge in [-0.1, -0.05) is 0 Å². The summed E-state index contributed by atoms with van der Waals surface area (Å²) in [5.74, 6) is 0. The summed E-state index contributed by atoms with van der Waals surface area (Å²) in [6, 6.07) is 3.77. The molecule has 0 radical (unpaired) electrons. The standard InChI is InChI=1S/C10H12N4S/c11-8-1-2-9(13-3-8)4-12-5-10-6-15-7-14-10/h1-3,6-7,12H,4-5,11H2. The Hall–Kier alpha value is -1.46. The number of hydrogen-bond acceptors (Lipinski definition) is 5. The van der Waals surface area contributed by atoms with Crippen LogP contribution < -0.4 is 11.1 Å². The van der Waals surface area contributed by atoms with E-state index in [2.05, 4.69) is 15.3 Å². The van der Waals surface area contributed by atoms with Crippen molar-refractivity contribution in [1.29, 1.82) is 0 Å². The van der Waals surface area contributed by atoms with Crippen molar-refractivity contribution in [2.75, 3.05) is 5.73 Å². The summed E-state index contributed by atoms with van der Waals surface area (Å²) < 4.78 is 0. The van der Waals surface area contributed by atoms with Crippen LogP contribution in [-0.4, -0.2) is 9.97 Å². The molecule has 15 heavy (non-hydrogen) atoms. The highest BCUT2D eigenvalue weighted by molar-refractivity contribution is 7.07. The molecular weight excluding hydrogens is 208 g/mol. The fraction of sp³-hybridized carbons (Fsp3) is 0.200. The molecule has 0 unspecified atom stereocenters. The molecule has 0 bridgehead atoms. The molecule has 2 rings (SSSR count). The Morgan fingerprint density at radius 2 is 2.07 bits per heavy atom. The maximum Gasteiger partial charge on any atom is 0.0795 e. The lowest BCUT2D eigenvalue weighted by atomic mass is 10.3. The highest BCUT2D eigenvalue weighted by Gasteiger charge is 1.96. The van der Waals surface area contributed by atoms with Crippen LogP contribution in [0.2, 0.25) is 0 Å². The van der Waals surface area contributed by atoms with E-state index in [1.807, 2.05) is 23.0 Å². The monoisotopic (exact) mass is 220 g/mol. The van der Waals surface area contributed by atoms with Crippen molar-refractivity contribution < 1.29 is 0 Å². The van der Waals surface area contributed by atoms with Gasteiger partial charge in [-0.2, -0.15) is 0 Å². The third-order valence-electron chi connectivity index (χ3n) is 1.94. The van der Waals surface area contributed by atoms with Crippen LogP contribution in [0.3, 0.4) is 0 Å². The Morgan fingerprint density at radius 1 is 1.20 bits per heavy atom. The molecule has 0 saturated carbocycles. The topological polar surface area (TPSA) is 63.8 Å². The molecule has 0 aliphatic rings. The van der Waals surface area contributed by atoms with Gasteiger partial charge in [0.2, 0.25) is 0 Å². The minimum atomic E-state index is 0.693. The number of rotatable bonds is 4. The van der Waals surface area contributed by atoms with Gasteiger partial charge in [0.05, 0.1) is 28.8 Å². The molecule has 0 aliphatic carbocycles. The van der Waals surface area contributed by atoms with E-state index in [-0.39, 0.29) is 0 Å². The highest BCUT2D eigenvalue weighted by atomic mass is 32.1. The minimum Gasteiger partial charge on any atom is -0.397 e. The van der Waals surface area contributed by atoms with Crippen molar-refractivity contribution in [3.63, 3.8) is 0 Å². The Bertz CT molecular complexity index is 396. The van der Waals surface area contributed by atoms with Gasteiger partial charge in [0.25, 0.3) is 0 Å². The van der Waals surface area contributed by atoms with Crippen LogP contribution >= 0.6 is 11.3 Å². The van der Waals surface area contributed by atoms with Gasteiger partial charge in [-0.15, -0.1) is 11.3 Å². The van der Waals surface area contributed by atoms with E-state index in [9.17, 15) is 0 Å². The average Bonchev–Trinajstić information content (AvgIpc) is 2.74. The van der Waals surface area contributed by atoms with E-state index in [4.69, 9.17) is 5.73 Å². The summed E-state index contributed by atoms with van der Waals surface area (Å²) in [5, 5.41) is 5.30. The second-order valence-electron chi connectivity index (χ2n) is 3.17. The molecule has 0 aliphatic heterocycles. The van der Waals surface area contributed by atoms with Crippen molar-refractivity contribution in [1.82, 2.24) is 15.3 Å². The molecule has 0 fully saturated rings. The molecule has 4 nitrogen and oxygen atoms in total. The largest absolute Gasteiger partial charge is 0.397 e. The zero-order valence-corrected chi connectivity index (χ0v) is 9.00. The molecule has 2 aromatic rings. The molecule has 0 amide bonds. The maximum absolute atomic E-state index is 5.54. The van der Waals surface area contributed by atoms with E-state index in [0.717, 1.165) is 24.5 Å². The van der Waals surface area contributed by atoms with Crippen molar-refractivity contribution in [2.45, 2.75) is 13.1 Å². The second-order valence-corrected chi connectivity index (χ2v) is 3.88. The van der Waals surface area contributed by atoms with Gasteiger partial charge in [0.1, 0.15) is 0 Å². The Morgan fingerprint density at radius 3 is 2.73 bits per heavy atom. The number of anilines is 1. The first-order valence-electron chi connectivity index (χ1n) is 4.63. The molecule has 0 spiro atoms. The molecule has 3 N–H and O–H groups in total. The first-order chi connectivity index (χ1) is 7.34. The van der Waals surface area contributed by atoms with E-state index < -0.39 is 0 Å². The van der Waals surface area contributed by atoms with Crippen molar-refractivity contribution >= 4 is 17.0 Å². The number of nitrogens with two attached hydrogens (primary N) is 1. The molecule has 2 aromatic heterocycles. The third-order valence-corrected chi connectivity index (χ3v) is 2.58. The van der Waals surface area contributed by atoms with Gasteiger partial charge < -0.3 is 11.1 Å². The van der Waals surface area contributed by atoms with Crippen LogP contribution in [0.4, 0.5) is 5.69 Å². The normalized spacial score (nSPS) is 10.4. The molecule has 78 valence electrons. The average molecular weight is 220 g/mol. The predicted octanol–water partition coefficient (Wildman–Crippen LogP) is 1.41. The summed E-state index contributed by atoms with van der Waals surface area (Å²) in [4.78, 5) is 8.37. The van der Waals surface area contributed by atoms with Gasteiger partial charge >= 0.3 is 0 Å². The lowest BCUT2D eigenvalue weighted by Crippen LogP contribution is -2.13. The van der Waals surface area contributed by atoms with Crippen LogP contribution in [0.5, 0.6) is 0 Å². The fourth-order valence-electron chi connectivity index (χ4n) is 1.18. The van der Waals surface area contributed by atoms with Gasteiger partial charge in [0, 0.05) is 18.5 Å². The van der Waals surface area contributed by atoms with Gasteiger partial charge in [0.15, 0.2) is 0 Å². The first-order valence-corrected chi connectivity index (χ1v) is 5.57. The Kier molecular flexibility index (Phi) is 3.26. The van der Waals surface area contributed by atoms with Crippen molar-refractivity contribution in [2.24, 2.45) is 0 Å². The Balaban J connectivity index is 1.81. The number of nitrogens with one attached hydrogen (secondary N) is 1. The third kappa shape index (κ3) is 3.00. The summed E-state index contributed by atoms with van der Waals surface area (Å²) >= 11 is 1.60.